The van der Waals surface area contributed by atoms with Gasteiger partial charge >= 0.3 is 0 Å². The number of likely N-dealkylation sites (N-methyl/N-ethyl adjacent to an activating group) is 1. The first-order chi connectivity index (χ1) is 11.7. The highest BCUT2D eigenvalue weighted by Gasteiger charge is 2.13. The molecule has 7 heteroatoms. The van der Waals surface area contributed by atoms with Crippen LogP contribution in [0.25, 0.3) is 5.65 Å². The average molecular weight is 325 g/mol. The van der Waals surface area contributed by atoms with Crippen LogP contribution in [0.15, 0.2) is 53.5 Å². The van der Waals surface area contributed by atoms with Crippen molar-refractivity contribution < 1.29 is 4.79 Å². The largest absolute Gasteiger partial charge is 0.358 e. The fraction of sp³-hybridized carbons (Fsp3) is 0.235. The van der Waals surface area contributed by atoms with E-state index in [0.717, 1.165) is 5.56 Å². The molecule has 0 aliphatic heterocycles. The lowest BCUT2D eigenvalue weighted by Gasteiger charge is -2.21. The molecule has 3 aromatic rings. The van der Waals surface area contributed by atoms with Gasteiger partial charge in [0, 0.05) is 38.5 Å². The molecule has 1 aromatic carbocycles. The zero-order valence-corrected chi connectivity index (χ0v) is 13.4. The van der Waals surface area contributed by atoms with Gasteiger partial charge in [-0.2, -0.15) is 0 Å². The van der Waals surface area contributed by atoms with Crippen molar-refractivity contribution in [1.82, 2.24) is 24.8 Å². The number of amides is 1. The normalized spacial score (nSPS) is 11.1. The lowest BCUT2D eigenvalue weighted by Crippen LogP contribution is -2.35. The van der Waals surface area contributed by atoms with Gasteiger partial charge in [0.25, 0.3) is 5.56 Å². The standard InChI is InChI=1S/C17H19N5O2/c1-18-16(23)12-21(10-13-5-3-2-4-6-13)11-14-9-17(24)22-15(20-14)7-8-19-22/h2-9,19H,10-12H2,1H3,(H,18,23). The van der Waals surface area contributed by atoms with Gasteiger partial charge in [0.15, 0.2) is 5.65 Å². The van der Waals surface area contributed by atoms with Crippen molar-refractivity contribution in [1.29, 1.82) is 0 Å². The first-order valence-corrected chi connectivity index (χ1v) is 7.68. The number of aromatic nitrogens is 3. The highest BCUT2D eigenvalue weighted by Crippen LogP contribution is 2.08. The molecule has 0 saturated heterocycles. The summed E-state index contributed by atoms with van der Waals surface area (Å²) in [4.78, 5) is 30.3. The third kappa shape index (κ3) is 3.69. The Morgan fingerprint density at radius 2 is 2.04 bits per heavy atom. The minimum Gasteiger partial charge on any atom is -0.358 e. The summed E-state index contributed by atoms with van der Waals surface area (Å²) in [5.74, 6) is -0.0784. The summed E-state index contributed by atoms with van der Waals surface area (Å²) in [5.41, 5.74) is 2.14. The Balaban J connectivity index is 1.83. The maximum Gasteiger partial charge on any atom is 0.272 e. The molecular weight excluding hydrogens is 306 g/mol. The van der Waals surface area contributed by atoms with Gasteiger partial charge in [-0.3, -0.25) is 19.6 Å². The van der Waals surface area contributed by atoms with E-state index in [-0.39, 0.29) is 18.0 Å². The van der Waals surface area contributed by atoms with Crippen molar-refractivity contribution in [3.05, 3.63) is 70.3 Å². The fourth-order valence-corrected chi connectivity index (χ4v) is 2.58. The van der Waals surface area contributed by atoms with E-state index in [1.165, 1.54) is 10.6 Å². The van der Waals surface area contributed by atoms with E-state index in [2.05, 4.69) is 15.4 Å². The molecule has 2 N–H and O–H groups in total. The number of rotatable bonds is 6. The minimum absolute atomic E-state index is 0.0784. The van der Waals surface area contributed by atoms with Crippen LogP contribution in [0, 0.1) is 0 Å². The summed E-state index contributed by atoms with van der Waals surface area (Å²) < 4.78 is 1.38. The van der Waals surface area contributed by atoms with Gasteiger partial charge in [0.1, 0.15) is 0 Å². The molecule has 24 heavy (non-hydrogen) atoms. The van der Waals surface area contributed by atoms with Crippen LogP contribution in [-0.2, 0) is 17.9 Å². The second-order valence-electron chi connectivity index (χ2n) is 5.55. The molecule has 1 amide bonds. The third-order valence-electron chi connectivity index (χ3n) is 3.71. The molecule has 0 bridgehead atoms. The Morgan fingerprint density at radius 3 is 2.79 bits per heavy atom. The van der Waals surface area contributed by atoms with Crippen LogP contribution in [0.4, 0.5) is 0 Å². The van der Waals surface area contributed by atoms with Gasteiger partial charge in [-0.25, -0.2) is 9.50 Å². The molecule has 7 nitrogen and oxygen atoms in total. The smallest absolute Gasteiger partial charge is 0.272 e. The first-order valence-electron chi connectivity index (χ1n) is 7.68. The van der Waals surface area contributed by atoms with Crippen LogP contribution < -0.4 is 10.9 Å². The van der Waals surface area contributed by atoms with Gasteiger partial charge < -0.3 is 5.32 Å². The van der Waals surface area contributed by atoms with Crippen LogP contribution >= 0.6 is 0 Å². The minimum atomic E-state index is -0.167. The lowest BCUT2D eigenvalue weighted by molar-refractivity contribution is -0.122. The SMILES string of the molecule is CNC(=O)CN(Cc1ccccc1)Cc1cc(=O)n2[nH]ccc2n1. The molecule has 3 rings (SSSR count). The Morgan fingerprint density at radius 1 is 1.25 bits per heavy atom. The molecule has 0 aliphatic carbocycles. The molecule has 0 spiro atoms. The van der Waals surface area contributed by atoms with Crippen molar-refractivity contribution in [3.63, 3.8) is 0 Å². The van der Waals surface area contributed by atoms with Gasteiger partial charge in [0.2, 0.25) is 5.91 Å². The van der Waals surface area contributed by atoms with Crippen molar-refractivity contribution >= 4 is 11.6 Å². The molecule has 0 aliphatic rings. The van der Waals surface area contributed by atoms with Gasteiger partial charge in [-0.15, -0.1) is 0 Å². The summed E-state index contributed by atoms with van der Waals surface area (Å²) in [5, 5.41) is 5.45. The second kappa shape index (κ2) is 7.10. The quantitative estimate of drug-likeness (QED) is 0.701. The van der Waals surface area contributed by atoms with Crippen LogP contribution in [0.3, 0.4) is 0 Å². The fourth-order valence-electron chi connectivity index (χ4n) is 2.58. The molecule has 2 heterocycles. The van der Waals surface area contributed by atoms with E-state index in [1.807, 2.05) is 35.2 Å². The van der Waals surface area contributed by atoms with E-state index in [1.54, 1.807) is 19.3 Å². The number of hydrogen-bond acceptors (Lipinski definition) is 4. The Kier molecular flexibility index (Phi) is 4.72. The van der Waals surface area contributed by atoms with Gasteiger partial charge in [-0.1, -0.05) is 30.3 Å². The highest BCUT2D eigenvalue weighted by molar-refractivity contribution is 5.77. The van der Waals surface area contributed by atoms with E-state index < -0.39 is 0 Å². The zero-order chi connectivity index (χ0) is 16.9. The topological polar surface area (TPSA) is 82.5 Å². The first kappa shape index (κ1) is 15.9. The Bertz CT molecular complexity index is 885. The summed E-state index contributed by atoms with van der Waals surface area (Å²) in [6.45, 7) is 1.25. The van der Waals surface area contributed by atoms with Crippen molar-refractivity contribution in [2.45, 2.75) is 13.1 Å². The molecular formula is C17H19N5O2. The summed E-state index contributed by atoms with van der Waals surface area (Å²) in [7, 11) is 1.61. The van der Waals surface area contributed by atoms with E-state index in [0.29, 0.717) is 24.4 Å². The molecule has 2 aromatic heterocycles. The Hall–Kier alpha value is -2.93. The summed E-state index contributed by atoms with van der Waals surface area (Å²) in [6.07, 6.45) is 1.67. The van der Waals surface area contributed by atoms with Crippen molar-refractivity contribution in [2.75, 3.05) is 13.6 Å². The summed E-state index contributed by atoms with van der Waals surface area (Å²) >= 11 is 0. The van der Waals surface area contributed by atoms with Crippen LogP contribution in [0.2, 0.25) is 0 Å². The maximum absolute atomic E-state index is 12.1. The second-order valence-corrected chi connectivity index (χ2v) is 5.55. The molecule has 0 atom stereocenters. The number of fused-ring (bicyclic) bond motifs is 1. The predicted octanol–water partition coefficient (Wildman–Crippen LogP) is 0.771. The number of nitrogens with one attached hydrogen (secondary N) is 2. The number of aromatic amines is 1. The number of hydrogen-bond donors (Lipinski definition) is 2. The molecule has 0 fully saturated rings. The Labute approximate surface area is 138 Å². The van der Waals surface area contributed by atoms with Crippen LogP contribution in [-0.4, -0.2) is 39.0 Å². The molecule has 124 valence electrons. The number of carbonyl (C=O) groups is 1. The number of nitrogens with zero attached hydrogens (tertiary/aromatic N) is 3. The van der Waals surface area contributed by atoms with Crippen LogP contribution in [0.1, 0.15) is 11.3 Å². The van der Waals surface area contributed by atoms with Gasteiger partial charge in [-0.05, 0) is 5.56 Å². The lowest BCUT2D eigenvalue weighted by atomic mass is 10.2. The molecule has 0 unspecified atom stereocenters. The van der Waals surface area contributed by atoms with Crippen molar-refractivity contribution in [2.24, 2.45) is 0 Å². The van der Waals surface area contributed by atoms with E-state index in [4.69, 9.17) is 0 Å². The molecule has 0 radical (unpaired) electrons. The van der Waals surface area contributed by atoms with Crippen molar-refractivity contribution in [3.8, 4) is 0 Å². The summed E-state index contributed by atoms with van der Waals surface area (Å²) in [6, 6.07) is 13.1. The van der Waals surface area contributed by atoms with Gasteiger partial charge in [0.05, 0.1) is 12.2 Å². The predicted molar refractivity (Wildman–Crippen MR) is 90.4 cm³/mol. The highest BCUT2D eigenvalue weighted by atomic mass is 16.2. The van der Waals surface area contributed by atoms with Crippen LogP contribution in [0.5, 0.6) is 0 Å². The maximum atomic E-state index is 12.1. The zero-order valence-electron chi connectivity index (χ0n) is 13.4. The number of benzene rings is 1. The monoisotopic (exact) mass is 325 g/mol. The van der Waals surface area contributed by atoms with E-state index in [9.17, 15) is 9.59 Å². The third-order valence-corrected chi connectivity index (χ3v) is 3.71. The molecule has 0 saturated carbocycles. The average Bonchev–Trinajstić information content (AvgIpc) is 3.04. The number of H-pyrrole nitrogens is 1. The number of carbonyl (C=O) groups excluding carboxylic acids is 1. The van der Waals surface area contributed by atoms with E-state index >= 15 is 0 Å².